The van der Waals surface area contributed by atoms with Gasteiger partial charge in [0.25, 0.3) is 0 Å². The van der Waals surface area contributed by atoms with Gasteiger partial charge in [-0.05, 0) is 20.8 Å². The van der Waals surface area contributed by atoms with Crippen molar-refractivity contribution in [3.63, 3.8) is 0 Å². The molecule has 0 radical (unpaired) electrons. The van der Waals surface area contributed by atoms with Crippen molar-refractivity contribution in [1.82, 2.24) is 13.7 Å². The van der Waals surface area contributed by atoms with Crippen LogP contribution < -0.4 is 17.1 Å². The highest BCUT2D eigenvalue weighted by atomic mass is 16.6. The molecule has 1 aromatic rings. The average molecular weight is 307 g/mol. The number of epoxide rings is 1. The van der Waals surface area contributed by atoms with Crippen LogP contribution in [0.25, 0.3) is 0 Å². The Morgan fingerprint density at radius 1 is 0.909 bits per heavy atom. The van der Waals surface area contributed by atoms with Gasteiger partial charge in [-0.25, -0.2) is 28.1 Å². The topological polar surface area (TPSA) is 78.5 Å². The largest absolute Gasteiger partial charge is 0.368 e. The molecule has 2 rings (SSSR count). The lowest BCUT2D eigenvalue weighted by molar-refractivity contribution is 0.347. The zero-order chi connectivity index (χ0) is 16.3. The Balaban J connectivity index is 2.57. The van der Waals surface area contributed by atoms with Gasteiger partial charge >= 0.3 is 17.1 Å². The molecule has 22 heavy (non-hydrogen) atoms. The van der Waals surface area contributed by atoms with Gasteiger partial charge in [-0.1, -0.05) is 24.3 Å². The van der Waals surface area contributed by atoms with E-state index in [9.17, 15) is 14.4 Å². The Kier molecular flexibility index (Phi) is 4.97. The van der Waals surface area contributed by atoms with Gasteiger partial charge in [-0.3, -0.25) is 0 Å². The lowest BCUT2D eigenvalue weighted by Crippen LogP contribution is -2.54. The standard InChI is InChI=1S/C15H21N3O4/c1-4-6-8-16-13(19)17(9-7-5-2)15(21)18(14(16)20)10-12-11(3)22-12/h4-7,11-12H,8-10H2,1-3H3. The molecule has 0 amide bonds. The second-order valence-electron chi connectivity index (χ2n) is 5.20. The lowest BCUT2D eigenvalue weighted by Gasteiger charge is -2.11. The van der Waals surface area contributed by atoms with Gasteiger partial charge in [0, 0.05) is 0 Å². The molecule has 0 aliphatic carbocycles. The van der Waals surface area contributed by atoms with E-state index in [-0.39, 0.29) is 31.8 Å². The Morgan fingerprint density at radius 3 is 1.68 bits per heavy atom. The highest BCUT2D eigenvalue weighted by Gasteiger charge is 2.35. The van der Waals surface area contributed by atoms with Gasteiger partial charge in [0.1, 0.15) is 6.10 Å². The van der Waals surface area contributed by atoms with Crippen molar-refractivity contribution in [2.45, 2.75) is 52.6 Å². The van der Waals surface area contributed by atoms with Crippen molar-refractivity contribution in [3.05, 3.63) is 55.8 Å². The number of rotatable bonds is 6. The third-order valence-corrected chi connectivity index (χ3v) is 3.63. The molecule has 0 N–H and O–H groups in total. The molecule has 1 aliphatic rings. The molecule has 2 heterocycles. The van der Waals surface area contributed by atoms with Gasteiger partial charge in [0.15, 0.2) is 0 Å². The van der Waals surface area contributed by atoms with E-state index in [0.717, 1.165) is 13.7 Å². The zero-order valence-corrected chi connectivity index (χ0v) is 13.1. The zero-order valence-electron chi connectivity index (χ0n) is 13.1. The van der Waals surface area contributed by atoms with Gasteiger partial charge in [-0.15, -0.1) is 0 Å². The molecule has 120 valence electrons. The number of aromatic nitrogens is 3. The quantitative estimate of drug-likeness (QED) is 0.552. The summed E-state index contributed by atoms with van der Waals surface area (Å²) in [5, 5.41) is 0. The minimum atomic E-state index is -0.591. The van der Waals surface area contributed by atoms with Crippen molar-refractivity contribution in [3.8, 4) is 0 Å². The number of ether oxygens (including phenoxy) is 1. The maximum atomic E-state index is 12.4. The van der Waals surface area contributed by atoms with Crippen LogP contribution in [-0.2, 0) is 24.4 Å². The predicted octanol–water partition coefficient (Wildman–Crippen LogP) is 0.111. The fourth-order valence-corrected chi connectivity index (χ4v) is 2.17. The Labute approximate surface area is 127 Å². The second-order valence-corrected chi connectivity index (χ2v) is 5.20. The molecule has 0 bridgehead atoms. The number of hydrogen-bond donors (Lipinski definition) is 0. The Morgan fingerprint density at radius 2 is 1.32 bits per heavy atom. The molecular weight excluding hydrogens is 286 g/mol. The third-order valence-electron chi connectivity index (χ3n) is 3.63. The molecule has 1 fully saturated rings. The van der Waals surface area contributed by atoms with Gasteiger partial charge in [0.2, 0.25) is 0 Å². The predicted molar refractivity (Wildman–Crippen MR) is 83.2 cm³/mol. The Bertz CT molecular complexity index is 714. The van der Waals surface area contributed by atoms with Crippen molar-refractivity contribution in [2.75, 3.05) is 0 Å². The number of nitrogens with zero attached hydrogens (tertiary/aromatic N) is 3. The monoisotopic (exact) mass is 307 g/mol. The fourth-order valence-electron chi connectivity index (χ4n) is 2.17. The van der Waals surface area contributed by atoms with Crippen LogP contribution in [0.4, 0.5) is 0 Å². The summed E-state index contributed by atoms with van der Waals surface area (Å²) in [5.41, 5.74) is -1.77. The van der Waals surface area contributed by atoms with E-state index < -0.39 is 17.1 Å². The normalized spacial score (nSPS) is 21.0. The van der Waals surface area contributed by atoms with Crippen LogP contribution in [0, 0.1) is 0 Å². The highest BCUT2D eigenvalue weighted by Crippen LogP contribution is 2.21. The molecule has 1 aromatic heterocycles. The van der Waals surface area contributed by atoms with Crippen LogP contribution in [0.2, 0.25) is 0 Å². The molecule has 1 aliphatic heterocycles. The summed E-state index contributed by atoms with van der Waals surface area (Å²) in [4.78, 5) is 37.2. The van der Waals surface area contributed by atoms with Crippen LogP contribution in [0.5, 0.6) is 0 Å². The minimum Gasteiger partial charge on any atom is -0.368 e. The SMILES string of the molecule is CC=CCn1c(=O)n(CC=CC)c(=O)n(CC2OC2C)c1=O. The molecule has 7 nitrogen and oxygen atoms in total. The highest BCUT2D eigenvalue weighted by molar-refractivity contribution is 4.90. The fraction of sp³-hybridized carbons (Fsp3) is 0.533. The maximum Gasteiger partial charge on any atom is 0.336 e. The summed E-state index contributed by atoms with van der Waals surface area (Å²) < 4.78 is 8.50. The van der Waals surface area contributed by atoms with Crippen molar-refractivity contribution >= 4 is 0 Å². The molecule has 2 atom stereocenters. The average Bonchev–Trinajstić information content (AvgIpc) is 3.19. The second kappa shape index (κ2) is 6.74. The van der Waals surface area contributed by atoms with E-state index >= 15 is 0 Å². The van der Waals surface area contributed by atoms with Gasteiger partial charge < -0.3 is 4.74 Å². The van der Waals surface area contributed by atoms with Gasteiger partial charge in [0.05, 0.1) is 25.7 Å². The van der Waals surface area contributed by atoms with Crippen molar-refractivity contribution in [2.24, 2.45) is 0 Å². The molecule has 2 unspecified atom stereocenters. The molecular formula is C15H21N3O4. The summed E-state index contributed by atoms with van der Waals surface area (Å²) in [6.45, 7) is 5.95. The number of allylic oxidation sites excluding steroid dienone is 4. The summed E-state index contributed by atoms with van der Waals surface area (Å²) in [5.74, 6) is 0. The van der Waals surface area contributed by atoms with Gasteiger partial charge in [-0.2, -0.15) is 0 Å². The summed E-state index contributed by atoms with van der Waals surface area (Å²) in [6.07, 6.45) is 6.80. The third kappa shape index (κ3) is 3.19. The number of hydrogen-bond acceptors (Lipinski definition) is 4. The first-order valence-corrected chi connectivity index (χ1v) is 7.33. The van der Waals surface area contributed by atoms with E-state index in [2.05, 4.69) is 0 Å². The van der Waals surface area contributed by atoms with Crippen molar-refractivity contribution in [1.29, 1.82) is 0 Å². The van der Waals surface area contributed by atoms with Crippen LogP contribution in [0.3, 0.4) is 0 Å². The van der Waals surface area contributed by atoms with E-state index in [4.69, 9.17) is 4.74 Å². The molecule has 7 heteroatoms. The van der Waals surface area contributed by atoms with E-state index in [1.807, 2.05) is 6.92 Å². The summed E-state index contributed by atoms with van der Waals surface area (Å²) in [7, 11) is 0. The Hall–Kier alpha value is -2.15. The smallest absolute Gasteiger partial charge is 0.336 e. The lowest BCUT2D eigenvalue weighted by atomic mass is 10.3. The molecule has 1 saturated heterocycles. The molecule has 0 saturated carbocycles. The van der Waals surface area contributed by atoms with Crippen LogP contribution in [0.1, 0.15) is 20.8 Å². The van der Waals surface area contributed by atoms with Crippen LogP contribution in [-0.4, -0.2) is 25.9 Å². The van der Waals surface area contributed by atoms with E-state index in [1.165, 1.54) is 0 Å². The van der Waals surface area contributed by atoms with Crippen molar-refractivity contribution < 1.29 is 4.74 Å². The molecule has 0 spiro atoms. The van der Waals surface area contributed by atoms with E-state index in [1.54, 1.807) is 38.2 Å². The first kappa shape index (κ1) is 16.2. The summed E-state index contributed by atoms with van der Waals surface area (Å²) >= 11 is 0. The van der Waals surface area contributed by atoms with E-state index in [0.29, 0.717) is 0 Å². The molecule has 0 aromatic carbocycles. The van der Waals surface area contributed by atoms with Crippen LogP contribution in [0.15, 0.2) is 38.7 Å². The maximum absolute atomic E-state index is 12.4. The summed E-state index contributed by atoms with van der Waals surface area (Å²) in [6, 6.07) is 0. The first-order chi connectivity index (χ1) is 10.5. The van der Waals surface area contributed by atoms with Crippen LogP contribution >= 0.6 is 0 Å². The first-order valence-electron chi connectivity index (χ1n) is 7.33. The minimum absolute atomic E-state index is 0.0335.